The molecule has 1 saturated heterocycles. The molecular formula is C28H23N5O11S. The molecule has 0 spiro atoms. The van der Waals surface area contributed by atoms with Crippen molar-refractivity contribution in [3.8, 4) is 0 Å². The SMILES string of the molecule is C[C@@H](OC(=O)OCc1ccc([N+](=O)[O-])cc1)C1(Cc2ccc([N+](=O)[O-])cc2)C(=O)N2C(C(=O)O)=C([S+]([O-])c3ncccn3)CC21. The van der Waals surface area contributed by atoms with Gasteiger partial charge in [-0.3, -0.25) is 29.9 Å². The van der Waals surface area contributed by atoms with Gasteiger partial charge in [-0.2, -0.15) is 9.97 Å². The Hall–Kier alpha value is -5.42. The summed E-state index contributed by atoms with van der Waals surface area (Å²) in [4.78, 5) is 68.8. The molecule has 1 fully saturated rings. The van der Waals surface area contributed by atoms with E-state index >= 15 is 0 Å². The number of benzene rings is 2. The van der Waals surface area contributed by atoms with E-state index in [0.717, 1.165) is 4.90 Å². The Morgan fingerprint density at radius 3 is 2.13 bits per heavy atom. The molecule has 16 nitrogen and oxygen atoms in total. The number of hydrogen-bond donors (Lipinski definition) is 1. The Kier molecular flexibility index (Phi) is 8.47. The van der Waals surface area contributed by atoms with Gasteiger partial charge < -0.3 is 19.1 Å². The second-order valence-electron chi connectivity index (χ2n) is 10.1. The maximum Gasteiger partial charge on any atom is 0.508 e. The van der Waals surface area contributed by atoms with Crippen LogP contribution in [0.15, 0.2) is 82.7 Å². The van der Waals surface area contributed by atoms with E-state index in [1.807, 2.05) is 0 Å². The number of nitrogens with zero attached hydrogens (tertiary/aromatic N) is 5. The molecule has 2 aliphatic heterocycles. The van der Waals surface area contributed by atoms with Crippen LogP contribution in [0.2, 0.25) is 0 Å². The molecule has 1 aromatic heterocycles. The first-order valence-corrected chi connectivity index (χ1v) is 14.4. The average molecular weight is 638 g/mol. The first-order valence-electron chi connectivity index (χ1n) is 13.2. The van der Waals surface area contributed by atoms with Crippen LogP contribution in [-0.4, -0.2) is 64.6 Å². The number of non-ortho nitro benzene ring substituents is 2. The van der Waals surface area contributed by atoms with Crippen LogP contribution in [0.3, 0.4) is 0 Å². The van der Waals surface area contributed by atoms with Crippen LogP contribution in [-0.2, 0) is 43.3 Å². The Morgan fingerprint density at radius 2 is 1.60 bits per heavy atom. The van der Waals surface area contributed by atoms with E-state index in [2.05, 4.69) is 9.97 Å². The number of carbonyl (C=O) groups is 3. The number of nitro benzene ring substituents is 2. The smallest absolute Gasteiger partial charge is 0.508 e. The highest BCUT2D eigenvalue weighted by Crippen LogP contribution is 2.55. The summed E-state index contributed by atoms with van der Waals surface area (Å²) < 4.78 is 24.1. The quantitative estimate of drug-likeness (QED) is 0.0795. The number of aliphatic carboxylic acids is 1. The molecular weight excluding hydrogens is 614 g/mol. The predicted octanol–water partition coefficient (Wildman–Crippen LogP) is 3.28. The number of carbonyl (C=O) groups excluding carboxylic acids is 2. The zero-order chi connectivity index (χ0) is 32.5. The van der Waals surface area contributed by atoms with Gasteiger partial charge in [0.2, 0.25) is 5.91 Å². The number of amides is 1. The van der Waals surface area contributed by atoms with E-state index in [9.17, 15) is 44.3 Å². The molecule has 232 valence electrons. The van der Waals surface area contributed by atoms with Crippen molar-refractivity contribution < 1.29 is 43.4 Å². The van der Waals surface area contributed by atoms with Gasteiger partial charge >= 0.3 is 17.3 Å². The minimum Gasteiger partial charge on any atom is -0.604 e. The van der Waals surface area contributed by atoms with Crippen molar-refractivity contribution in [3.05, 3.63) is 109 Å². The van der Waals surface area contributed by atoms with Crippen molar-refractivity contribution in [2.45, 2.75) is 43.7 Å². The molecule has 45 heavy (non-hydrogen) atoms. The van der Waals surface area contributed by atoms with Crippen molar-refractivity contribution >= 4 is 40.6 Å². The number of carboxylic acid groups (broad SMARTS) is 1. The molecule has 1 amide bonds. The lowest BCUT2D eigenvalue weighted by molar-refractivity contribution is -0.385. The molecule has 3 heterocycles. The van der Waals surface area contributed by atoms with Crippen molar-refractivity contribution in [2.24, 2.45) is 5.41 Å². The van der Waals surface area contributed by atoms with E-state index < -0.39 is 62.3 Å². The van der Waals surface area contributed by atoms with Gasteiger partial charge in [0.05, 0.1) is 27.1 Å². The van der Waals surface area contributed by atoms with Gasteiger partial charge in [0.1, 0.15) is 18.1 Å². The Labute approximate surface area is 256 Å². The van der Waals surface area contributed by atoms with Crippen molar-refractivity contribution in [2.75, 3.05) is 0 Å². The number of rotatable bonds is 11. The van der Waals surface area contributed by atoms with Crippen molar-refractivity contribution in [1.82, 2.24) is 14.9 Å². The molecule has 0 bridgehead atoms. The number of hydrogen-bond acceptors (Lipinski definition) is 12. The normalized spacial score (nSPS) is 20.1. The summed E-state index contributed by atoms with van der Waals surface area (Å²) in [5.74, 6) is -2.22. The molecule has 1 N–H and O–H groups in total. The van der Waals surface area contributed by atoms with E-state index in [1.165, 1.54) is 73.9 Å². The fourth-order valence-corrected chi connectivity index (χ4v) is 6.69. The van der Waals surface area contributed by atoms with Crippen LogP contribution in [0.4, 0.5) is 16.2 Å². The first kappa shape index (κ1) is 31.0. The third kappa shape index (κ3) is 5.77. The summed E-state index contributed by atoms with van der Waals surface area (Å²) in [5, 5.41) is 31.9. The summed E-state index contributed by atoms with van der Waals surface area (Å²) in [7, 11) is 0. The molecule has 0 aliphatic carbocycles. The van der Waals surface area contributed by atoms with E-state index in [0.29, 0.717) is 11.1 Å². The predicted molar refractivity (Wildman–Crippen MR) is 151 cm³/mol. The second kappa shape index (κ2) is 12.3. The molecule has 3 unspecified atom stereocenters. The van der Waals surface area contributed by atoms with Crippen molar-refractivity contribution in [3.63, 3.8) is 0 Å². The van der Waals surface area contributed by atoms with E-state index in [1.54, 1.807) is 0 Å². The Balaban J connectivity index is 1.42. The first-order chi connectivity index (χ1) is 21.4. The van der Waals surface area contributed by atoms with Gasteiger partial charge in [-0.25, -0.2) is 9.59 Å². The second-order valence-corrected chi connectivity index (χ2v) is 11.5. The maximum absolute atomic E-state index is 14.0. The molecule has 2 aromatic carbocycles. The van der Waals surface area contributed by atoms with Crippen LogP contribution in [0.5, 0.6) is 0 Å². The summed E-state index contributed by atoms with van der Waals surface area (Å²) in [5.41, 5.74) is -1.51. The van der Waals surface area contributed by atoms with Crippen LogP contribution in [0, 0.1) is 25.6 Å². The topological polar surface area (TPSA) is 228 Å². The number of β-lactam (4-membered cyclic amide) rings is 1. The van der Waals surface area contributed by atoms with E-state index in [-0.39, 0.29) is 40.9 Å². The molecule has 4 atom stereocenters. The number of aromatic nitrogens is 2. The monoisotopic (exact) mass is 637 g/mol. The fraction of sp³-hybridized carbons (Fsp3) is 0.250. The van der Waals surface area contributed by atoms with Crippen molar-refractivity contribution in [1.29, 1.82) is 0 Å². The van der Waals surface area contributed by atoms with Gasteiger partial charge in [-0.05, 0) is 42.7 Å². The highest BCUT2D eigenvalue weighted by molar-refractivity contribution is 7.95. The standard InChI is InChI=1S/C28H23N5O11S/c1-16(44-27(37)43-15-18-5-9-20(10-6-18)33(40)41)28(14-17-3-7-19(8-4-17)32(38)39)22-13-21(23(24(34)35)31(22)25(28)36)45(42)26-29-11-2-12-30-26/h2-12,16,22H,13-15H2,1H3,(H,34,35)/t16-,22?,28?,45?/m1/s1. The summed E-state index contributed by atoms with van der Waals surface area (Å²) in [6.07, 6.45) is 0.0103. The third-order valence-corrected chi connectivity index (χ3v) is 9.04. The van der Waals surface area contributed by atoms with Crippen LogP contribution in [0.25, 0.3) is 0 Å². The Bertz CT molecular complexity index is 1700. The highest BCUT2D eigenvalue weighted by atomic mass is 32.2. The summed E-state index contributed by atoms with van der Waals surface area (Å²) >= 11 is -2.13. The summed E-state index contributed by atoms with van der Waals surface area (Å²) in [6, 6.07) is 11.2. The minimum absolute atomic E-state index is 0.0921. The lowest BCUT2D eigenvalue weighted by Gasteiger charge is -2.55. The third-order valence-electron chi connectivity index (χ3n) is 7.69. The Morgan fingerprint density at radius 1 is 1.04 bits per heavy atom. The van der Waals surface area contributed by atoms with Gasteiger partial charge in [0.25, 0.3) is 11.4 Å². The number of fused-ring (bicyclic) bond motifs is 1. The number of ether oxygens (including phenoxy) is 2. The highest BCUT2D eigenvalue weighted by Gasteiger charge is 2.70. The van der Waals surface area contributed by atoms with Crippen LogP contribution < -0.4 is 0 Å². The van der Waals surface area contributed by atoms with Gasteiger partial charge in [0, 0.05) is 43.1 Å². The zero-order valence-corrected chi connectivity index (χ0v) is 24.1. The molecule has 0 saturated carbocycles. The van der Waals surface area contributed by atoms with Gasteiger partial charge in [0.15, 0.2) is 10.6 Å². The van der Waals surface area contributed by atoms with E-state index in [4.69, 9.17) is 9.47 Å². The lowest BCUT2D eigenvalue weighted by atomic mass is 9.63. The molecule has 17 heteroatoms. The average Bonchev–Trinajstić information content (AvgIpc) is 3.40. The van der Waals surface area contributed by atoms with Crippen LogP contribution in [0.1, 0.15) is 24.5 Å². The summed E-state index contributed by atoms with van der Waals surface area (Å²) in [6.45, 7) is 1.14. The maximum atomic E-state index is 14.0. The van der Waals surface area contributed by atoms with Gasteiger partial charge in [-0.15, -0.1) is 0 Å². The molecule has 2 aliphatic rings. The molecule has 3 aromatic rings. The number of carboxylic acids is 1. The minimum atomic E-state index is -2.13. The van der Waals surface area contributed by atoms with Gasteiger partial charge in [-0.1, -0.05) is 12.1 Å². The molecule has 0 radical (unpaired) electrons. The largest absolute Gasteiger partial charge is 0.604 e. The number of nitro groups is 2. The lowest BCUT2D eigenvalue weighted by Crippen LogP contribution is -2.72. The fourth-order valence-electron chi connectivity index (χ4n) is 5.48. The van der Waals surface area contributed by atoms with Crippen LogP contribution >= 0.6 is 0 Å². The molecule has 5 rings (SSSR count). The zero-order valence-electron chi connectivity index (χ0n) is 23.3.